The van der Waals surface area contributed by atoms with Crippen LogP contribution in [0.3, 0.4) is 0 Å². The SMILES string of the molecule is CCc1[nH]ccc1C.Cc1cnc(C)c(C)n1. The Bertz CT molecular complexity index is 472. The molecule has 3 heteroatoms. The summed E-state index contributed by atoms with van der Waals surface area (Å²) in [6.07, 6.45) is 4.87. The molecule has 0 saturated carbocycles. The Morgan fingerprint density at radius 1 is 1.12 bits per heavy atom. The van der Waals surface area contributed by atoms with E-state index in [1.807, 2.05) is 27.0 Å². The van der Waals surface area contributed by atoms with Crippen LogP contribution in [0.5, 0.6) is 0 Å². The van der Waals surface area contributed by atoms with Gasteiger partial charge >= 0.3 is 0 Å². The van der Waals surface area contributed by atoms with Crippen LogP contribution in [0.25, 0.3) is 0 Å². The molecule has 2 aromatic rings. The normalized spacial score (nSPS) is 9.71. The Kier molecular flexibility index (Phi) is 4.88. The monoisotopic (exact) mass is 231 g/mol. The van der Waals surface area contributed by atoms with E-state index in [1.165, 1.54) is 11.3 Å². The van der Waals surface area contributed by atoms with E-state index in [2.05, 4.69) is 34.9 Å². The molecule has 0 atom stereocenters. The van der Waals surface area contributed by atoms with Gasteiger partial charge in [0.05, 0.1) is 17.1 Å². The molecule has 1 N–H and O–H groups in total. The minimum Gasteiger partial charge on any atom is -0.365 e. The summed E-state index contributed by atoms with van der Waals surface area (Å²) in [6.45, 7) is 10.1. The summed E-state index contributed by atoms with van der Waals surface area (Å²) >= 11 is 0. The van der Waals surface area contributed by atoms with E-state index < -0.39 is 0 Å². The lowest BCUT2D eigenvalue weighted by Crippen LogP contribution is -1.92. The third-order valence-electron chi connectivity index (χ3n) is 2.73. The second-order valence-electron chi connectivity index (χ2n) is 4.17. The van der Waals surface area contributed by atoms with Gasteiger partial charge in [0.1, 0.15) is 0 Å². The molecule has 0 spiro atoms. The summed E-state index contributed by atoms with van der Waals surface area (Å²) in [5.41, 5.74) is 5.74. The highest BCUT2D eigenvalue weighted by Gasteiger charge is 1.92. The molecule has 0 amide bonds. The zero-order valence-corrected chi connectivity index (χ0v) is 11.3. The average Bonchev–Trinajstić information content (AvgIpc) is 2.70. The maximum absolute atomic E-state index is 4.21. The van der Waals surface area contributed by atoms with Crippen molar-refractivity contribution in [2.24, 2.45) is 0 Å². The summed E-state index contributed by atoms with van der Waals surface area (Å²) < 4.78 is 0. The van der Waals surface area contributed by atoms with E-state index in [0.29, 0.717) is 0 Å². The van der Waals surface area contributed by atoms with Crippen molar-refractivity contribution >= 4 is 0 Å². The maximum atomic E-state index is 4.21. The molecule has 0 aliphatic heterocycles. The summed E-state index contributed by atoms with van der Waals surface area (Å²) in [7, 11) is 0. The fraction of sp³-hybridized carbons (Fsp3) is 0.429. The van der Waals surface area contributed by atoms with E-state index in [9.17, 15) is 0 Å². The Balaban J connectivity index is 0.000000171. The van der Waals surface area contributed by atoms with Gasteiger partial charge in [0, 0.05) is 18.1 Å². The Morgan fingerprint density at radius 2 is 1.82 bits per heavy atom. The molecule has 2 heterocycles. The van der Waals surface area contributed by atoms with Crippen molar-refractivity contribution in [3.05, 3.63) is 46.8 Å². The number of H-pyrrole nitrogens is 1. The van der Waals surface area contributed by atoms with Gasteiger partial charge < -0.3 is 4.98 Å². The van der Waals surface area contributed by atoms with Gasteiger partial charge in [0.15, 0.2) is 0 Å². The lowest BCUT2D eigenvalue weighted by atomic mass is 10.2. The van der Waals surface area contributed by atoms with Gasteiger partial charge in [-0.25, -0.2) is 0 Å². The third-order valence-corrected chi connectivity index (χ3v) is 2.73. The van der Waals surface area contributed by atoms with E-state index >= 15 is 0 Å². The molecular formula is C14H21N3. The van der Waals surface area contributed by atoms with Crippen molar-refractivity contribution in [2.45, 2.75) is 41.0 Å². The predicted molar refractivity (Wildman–Crippen MR) is 71.2 cm³/mol. The largest absolute Gasteiger partial charge is 0.365 e. The number of nitrogens with zero attached hydrogens (tertiary/aromatic N) is 2. The van der Waals surface area contributed by atoms with Crippen LogP contribution in [0.2, 0.25) is 0 Å². The fourth-order valence-electron chi connectivity index (χ4n) is 1.52. The Hall–Kier alpha value is -1.64. The molecule has 0 radical (unpaired) electrons. The first-order valence-corrected chi connectivity index (χ1v) is 5.94. The molecule has 0 saturated heterocycles. The van der Waals surface area contributed by atoms with Gasteiger partial charge in [-0.15, -0.1) is 0 Å². The first-order valence-electron chi connectivity index (χ1n) is 5.94. The van der Waals surface area contributed by atoms with Gasteiger partial charge in [0.2, 0.25) is 0 Å². The number of hydrogen-bond donors (Lipinski definition) is 1. The van der Waals surface area contributed by atoms with E-state index in [0.717, 1.165) is 23.5 Å². The van der Waals surface area contributed by atoms with Crippen LogP contribution in [-0.4, -0.2) is 15.0 Å². The highest BCUT2D eigenvalue weighted by Crippen LogP contribution is 2.03. The molecule has 0 aromatic carbocycles. The molecule has 0 bridgehead atoms. The smallest absolute Gasteiger partial charge is 0.0588 e. The zero-order valence-electron chi connectivity index (χ0n) is 11.3. The number of aryl methyl sites for hydroxylation is 5. The average molecular weight is 231 g/mol. The van der Waals surface area contributed by atoms with Crippen molar-refractivity contribution in [3.63, 3.8) is 0 Å². The molecule has 2 rings (SSSR count). The molecule has 0 aliphatic rings. The molecule has 17 heavy (non-hydrogen) atoms. The number of aromatic amines is 1. The summed E-state index contributed by atoms with van der Waals surface area (Å²) in [4.78, 5) is 11.5. The van der Waals surface area contributed by atoms with Crippen LogP contribution in [0.4, 0.5) is 0 Å². The standard InChI is InChI=1S/C7H10N2.C7H11N/c1-5-4-8-6(2)7(3)9-5;1-3-7-6(2)4-5-8-7/h4H,1-3H3;4-5,8H,3H2,1-2H3. The molecule has 0 aliphatic carbocycles. The molecule has 2 aromatic heterocycles. The quantitative estimate of drug-likeness (QED) is 0.818. The van der Waals surface area contributed by atoms with E-state index in [-0.39, 0.29) is 0 Å². The van der Waals surface area contributed by atoms with Crippen LogP contribution < -0.4 is 0 Å². The van der Waals surface area contributed by atoms with Crippen LogP contribution >= 0.6 is 0 Å². The van der Waals surface area contributed by atoms with Crippen molar-refractivity contribution in [2.75, 3.05) is 0 Å². The molecule has 0 fully saturated rings. The van der Waals surface area contributed by atoms with Crippen molar-refractivity contribution in [1.29, 1.82) is 0 Å². The van der Waals surface area contributed by atoms with Crippen molar-refractivity contribution in [1.82, 2.24) is 15.0 Å². The fourth-order valence-corrected chi connectivity index (χ4v) is 1.52. The number of aromatic nitrogens is 3. The van der Waals surface area contributed by atoms with Gasteiger partial charge in [-0.2, -0.15) is 0 Å². The van der Waals surface area contributed by atoms with Gasteiger partial charge in [0.25, 0.3) is 0 Å². The van der Waals surface area contributed by atoms with Crippen molar-refractivity contribution in [3.8, 4) is 0 Å². The first kappa shape index (κ1) is 13.4. The second-order valence-corrected chi connectivity index (χ2v) is 4.17. The minimum absolute atomic E-state index is 0.984. The van der Waals surface area contributed by atoms with Crippen LogP contribution in [0, 0.1) is 27.7 Å². The topological polar surface area (TPSA) is 41.6 Å². The van der Waals surface area contributed by atoms with Crippen LogP contribution in [0.15, 0.2) is 18.5 Å². The van der Waals surface area contributed by atoms with Crippen molar-refractivity contribution < 1.29 is 0 Å². The van der Waals surface area contributed by atoms with Crippen LogP contribution in [0.1, 0.15) is 35.3 Å². The molecule has 0 unspecified atom stereocenters. The maximum Gasteiger partial charge on any atom is 0.0588 e. The number of hydrogen-bond acceptors (Lipinski definition) is 2. The molecule has 3 nitrogen and oxygen atoms in total. The Labute approximate surface area is 103 Å². The second kappa shape index (κ2) is 6.18. The minimum atomic E-state index is 0.984. The van der Waals surface area contributed by atoms with Gasteiger partial charge in [-0.05, 0) is 45.7 Å². The predicted octanol–water partition coefficient (Wildman–Crippen LogP) is 3.29. The number of rotatable bonds is 1. The highest BCUT2D eigenvalue weighted by atomic mass is 14.8. The summed E-state index contributed by atoms with van der Waals surface area (Å²) in [5.74, 6) is 0. The first-order chi connectivity index (χ1) is 8.04. The van der Waals surface area contributed by atoms with E-state index in [4.69, 9.17) is 0 Å². The third kappa shape index (κ3) is 4.02. The van der Waals surface area contributed by atoms with Gasteiger partial charge in [-0.1, -0.05) is 6.92 Å². The summed E-state index contributed by atoms with van der Waals surface area (Å²) in [6, 6.07) is 2.10. The summed E-state index contributed by atoms with van der Waals surface area (Å²) in [5, 5.41) is 0. The lowest BCUT2D eigenvalue weighted by Gasteiger charge is -1.96. The van der Waals surface area contributed by atoms with Gasteiger partial charge in [-0.3, -0.25) is 9.97 Å². The number of nitrogens with one attached hydrogen (secondary N) is 1. The lowest BCUT2D eigenvalue weighted by molar-refractivity contribution is 1.00. The highest BCUT2D eigenvalue weighted by molar-refractivity contribution is 5.17. The molecule has 92 valence electrons. The Morgan fingerprint density at radius 3 is 2.18 bits per heavy atom. The van der Waals surface area contributed by atoms with E-state index in [1.54, 1.807) is 6.20 Å². The van der Waals surface area contributed by atoms with Crippen LogP contribution in [-0.2, 0) is 6.42 Å². The molecular weight excluding hydrogens is 210 g/mol. The zero-order chi connectivity index (χ0) is 12.8.